The van der Waals surface area contributed by atoms with E-state index >= 15 is 0 Å². The van der Waals surface area contributed by atoms with Gasteiger partial charge in [0, 0.05) is 0 Å². The number of carbonyl (C=O) groups excluding carboxylic acids is 2. The van der Waals surface area contributed by atoms with Crippen LogP contribution in [0.2, 0.25) is 0 Å². The number of para-hydroxylation sites is 4. The first-order valence-corrected chi connectivity index (χ1v) is 11.7. The van der Waals surface area contributed by atoms with Crippen LogP contribution in [0.3, 0.4) is 0 Å². The van der Waals surface area contributed by atoms with Crippen LogP contribution in [0.5, 0.6) is 0 Å². The predicted molar refractivity (Wildman–Crippen MR) is 133 cm³/mol. The standard InChI is InChI=1S/C27H18N8O2/c1-15-31-23-25(35(15)13-17-11-29-19-7-3-5-9-21(19)33-17)26(36)22-24(27(23)37)34(14-30-22)12-16-10-28-18-6-2-4-8-20(18)32-16/h2-11,14H,12-13H2,1H3. The third-order valence-electron chi connectivity index (χ3n) is 6.51. The first-order chi connectivity index (χ1) is 18.1. The molecule has 0 N–H and O–H groups in total. The second-order valence-electron chi connectivity index (χ2n) is 8.87. The van der Waals surface area contributed by atoms with Crippen molar-refractivity contribution < 1.29 is 9.59 Å². The van der Waals surface area contributed by atoms with E-state index in [9.17, 15) is 9.59 Å². The molecule has 0 fully saturated rings. The first kappa shape index (κ1) is 21.2. The van der Waals surface area contributed by atoms with Crippen LogP contribution in [0.15, 0.2) is 67.3 Å². The summed E-state index contributed by atoms with van der Waals surface area (Å²) in [6.07, 6.45) is 4.84. The molecule has 0 saturated heterocycles. The Bertz CT molecular complexity index is 1900. The van der Waals surface area contributed by atoms with E-state index in [0.29, 0.717) is 17.2 Å². The first-order valence-electron chi connectivity index (χ1n) is 11.7. The van der Waals surface area contributed by atoms with Crippen LogP contribution in [0.1, 0.15) is 49.6 Å². The van der Waals surface area contributed by atoms with E-state index in [2.05, 4.69) is 29.9 Å². The summed E-state index contributed by atoms with van der Waals surface area (Å²) >= 11 is 0. The molecule has 6 aromatic rings. The van der Waals surface area contributed by atoms with E-state index < -0.39 is 0 Å². The van der Waals surface area contributed by atoms with Gasteiger partial charge < -0.3 is 9.13 Å². The number of ketones is 2. The van der Waals surface area contributed by atoms with Crippen LogP contribution in [0.25, 0.3) is 22.1 Å². The Morgan fingerprint density at radius 1 is 0.649 bits per heavy atom. The summed E-state index contributed by atoms with van der Waals surface area (Å²) in [4.78, 5) is 54.2. The summed E-state index contributed by atoms with van der Waals surface area (Å²) in [5, 5.41) is 0. The van der Waals surface area contributed by atoms with Gasteiger partial charge in [-0.15, -0.1) is 0 Å². The number of imidazole rings is 2. The highest BCUT2D eigenvalue weighted by Gasteiger charge is 2.39. The lowest BCUT2D eigenvalue weighted by atomic mass is 9.98. The summed E-state index contributed by atoms with van der Waals surface area (Å²) < 4.78 is 3.35. The molecule has 0 radical (unpaired) electrons. The molecule has 0 amide bonds. The monoisotopic (exact) mass is 486 g/mol. The average molecular weight is 486 g/mol. The Balaban J connectivity index is 1.25. The highest BCUT2D eigenvalue weighted by atomic mass is 16.1. The van der Waals surface area contributed by atoms with E-state index in [0.717, 1.165) is 22.1 Å². The smallest absolute Gasteiger partial charge is 0.232 e. The maximum absolute atomic E-state index is 13.6. The molecule has 37 heavy (non-hydrogen) atoms. The van der Waals surface area contributed by atoms with Gasteiger partial charge in [0.05, 0.1) is 65.3 Å². The van der Waals surface area contributed by atoms with Gasteiger partial charge in [0.1, 0.15) is 28.6 Å². The molecule has 2 aromatic carbocycles. The number of carbonyl (C=O) groups is 2. The molecule has 1 aliphatic rings. The molecule has 4 aromatic heterocycles. The van der Waals surface area contributed by atoms with E-state index in [1.165, 1.54) is 6.33 Å². The van der Waals surface area contributed by atoms with Gasteiger partial charge in [-0.05, 0) is 31.2 Å². The van der Waals surface area contributed by atoms with Crippen LogP contribution in [0, 0.1) is 6.92 Å². The minimum Gasteiger partial charge on any atom is -0.321 e. The fourth-order valence-corrected chi connectivity index (χ4v) is 4.76. The van der Waals surface area contributed by atoms with Crippen LogP contribution in [-0.4, -0.2) is 50.6 Å². The van der Waals surface area contributed by atoms with Crippen molar-refractivity contribution in [1.82, 2.24) is 39.0 Å². The summed E-state index contributed by atoms with van der Waals surface area (Å²) in [5.41, 5.74) is 5.06. The third kappa shape index (κ3) is 3.33. The maximum atomic E-state index is 13.6. The van der Waals surface area contributed by atoms with Gasteiger partial charge in [0.2, 0.25) is 11.6 Å². The Labute approximate surface area is 209 Å². The number of aryl methyl sites for hydroxylation is 1. The number of hydrogen-bond donors (Lipinski definition) is 0. The van der Waals surface area contributed by atoms with Gasteiger partial charge in [-0.2, -0.15) is 0 Å². The maximum Gasteiger partial charge on any atom is 0.232 e. The lowest BCUT2D eigenvalue weighted by molar-refractivity contribution is 0.0963. The van der Waals surface area contributed by atoms with Crippen molar-refractivity contribution in [3.05, 3.63) is 107 Å². The highest BCUT2D eigenvalue weighted by molar-refractivity contribution is 6.25. The Morgan fingerprint density at radius 2 is 1.22 bits per heavy atom. The fraction of sp³-hybridized carbons (Fsp3) is 0.111. The van der Waals surface area contributed by atoms with Crippen LogP contribution in [-0.2, 0) is 13.1 Å². The molecule has 0 unspecified atom stereocenters. The zero-order valence-electron chi connectivity index (χ0n) is 19.7. The predicted octanol–water partition coefficient (Wildman–Crippen LogP) is 3.15. The molecule has 10 heteroatoms. The third-order valence-corrected chi connectivity index (χ3v) is 6.51. The zero-order valence-corrected chi connectivity index (χ0v) is 19.7. The van der Waals surface area contributed by atoms with Crippen molar-refractivity contribution >= 4 is 33.6 Å². The molecule has 7 rings (SSSR count). The minimum atomic E-state index is -0.345. The number of aromatic nitrogens is 8. The number of hydrogen-bond acceptors (Lipinski definition) is 8. The van der Waals surface area contributed by atoms with Crippen molar-refractivity contribution in [3.8, 4) is 0 Å². The van der Waals surface area contributed by atoms with Crippen molar-refractivity contribution in [1.29, 1.82) is 0 Å². The normalized spacial score (nSPS) is 12.8. The Hall–Kier alpha value is -5.12. The molecule has 4 heterocycles. The molecule has 0 atom stereocenters. The quantitative estimate of drug-likeness (QED) is 0.372. The summed E-state index contributed by atoms with van der Waals surface area (Å²) in [6.45, 7) is 2.28. The van der Waals surface area contributed by atoms with Crippen LogP contribution in [0.4, 0.5) is 0 Å². The number of nitrogens with zero attached hydrogens (tertiary/aromatic N) is 8. The fourth-order valence-electron chi connectivity index (χ4n) is 4.76. The molecule has 0 saturated carbocycles. The molecule has 0 bridgehead atoms. The van der Waals surface area contributed by atoms with E-state index in [1.807, 2.05) is 48.5 Å². The minimum absolute atomic E-state index is 0.108. The van der Waals surface area contributed by atoms with E-state index in [1.54, 1.807) is 28.5 Å². The molecule has 0 spiro atoms. The lowest BCUT2D eigenvalue weighted by Gasteiger charge is -2.15. The van der Waals surface area contributed by atoms with Crippen molar-refractivity contribution in [2.75, 3.05) is 0 Å². The highest BCUT2D eigenvalue weighted by Crippen LogP contribution is 2.28. The summed E-state index contributed by atoms with van der Waals surface area (Å²) in [5.74, 6) is -0.150. The van der Waals surface area contributed by atoms with Crippen LogP contribution < -0.4 is 0 Å². The van der Waals surface area contributed by atoms with E-state index in [-0.39, 0.29) is 47.4 Å². The number of fused-ring (bicyclic) bond motifs is 4. The topological polar surface area (TPSA) is 121 Å². The van der Waals surface area contributed by atoms with Crippen LogP contribution >= 0.6 is 0 Å². The van der Waals surface area contributed by atoms with Gasteiger partial charge >= 0.3 is 0 Å². The Kier molecular flexibility index (Phi) is 4.55. The zero-order chi connectivity index (χ0) is 25.1. The largest absolute Gasteiger partial charge is 0.321 e. The van der Waals surface area contributed by atoms with Crippen molar-refractivity contribution in [3.63, 3.8) is 0 Å². The molecular weight excluding hydrogens is 468 g/mol. The molecular formula is C27H18N8O2. The second-order valence-corrected chi connectivity index (χ2v) is 8.87. The summed E-state index contributed by atoms with van der Waals surface area (Å²) in [6, 6.07) is 15.1. The van der Waals surface area contributed by atoms with Crippen molar-refractivity contribution in [2.24, 2.45) is 0 Å². The molecule has 10 nitrogen and oxygen atoms in total. The van der Waals surface area contributed by atoms with Gasteiger partial charge in [0.15, 0.2) is 0 Å². The van der Waals surface area contributed by atoms with Gasteiger partial charge in [-0.1, -0.05) is 24.3 Å². The number of rotatable bonds is 4. The molecule has 178 valence electrons. The lowest BCUT2D eigenvalue weighted by Crippen LogP contribution is -2.26. The van der Waals surface area contributed by atoms with Crippen molar-refractivity contribution in [2.45, 2.75) is 20.0 Å². The van der Waals surface area contributed by atoms with E-state index in [4.69, 9.17) is 0 Å². The SMILES string of the molecule is Cc1nc2c(n1Cc1cnc3ccccc3n1)C(=O)c1ncn(Cc3cnc4ccccc4n3)c1C2=O. The molecule has 0 aliphatic heterocycles. The van der Waals surface area contributed by atoms with Gasteiger partial charge in [-0.3, -0.25) is 19.6 Å². The summed E-state index contributed by atoms with van der Waals surface area (Å²) in [7, 11) is 0. The number of benzene rings is 2. The Morgan fingerprint density at radius 3 is 1.86 bits per heavy atom. The molecule has 1 aliphatic carbocycles. The average Bonchev–Trinajstić information content (AvgIpc) is 3.49. The van der Waals surface area contributed by atoms with Gasteiger partial charge in [-0.25, -0.2) is 19.9 Å². The van der Waals surface area contributed by atoms with Gasteiger partial charge in [0.25, 0.3) is 0 Å². The second kappa shape index (κ2) is 7.95.